The third-order valence-electron chi connectivity index (χ3n) is 4.17. The highest BCUT2D eigenvalue weighted by molar-refractivity contribution is 7.89. The number of aryl methyl sites for hydroxylation is 1. The molecule has 3 rings (SSSR count). The maximum Gasteiger partial charge on any atom is 0.266 e. The zero-order valence-corrected chi connectivity index (χ0v) is 16.8. The number of hydrogen-bond donors (Lipinski definition) is 0. The van der Waals surface area contributed by atoms with Crippen LogP contribution in [0.15, 0.2) is 50.1 Å². The quantitative estimate of drug-likeness (QED) is 0.626. The smallest absolute Gasteiger partial charge is 0.266 e. The summed E-state index contributed by atoms with van der Waals surface area (Å²) in [6.45, 7) is 2.07. The second-order valence-corrected chi connectivity index (χ2v) is 8.57. The Morgan fingerprint density at radius 2 is 1.82 bits per heavy atom. The lowest BCUT2D eigenvalue weighted by atomic mass is 10.2. The van der Waals surface area contributed by atoms with E-state index in [2.05, 4.69) is 4.98 Å². The summed E-state index contributed by atoms with van der Waals surface area (Å²) in [7, 11) is 1.00. The highest BCUT2D eigenvalue weighted by Gasteiger charge is 2.27. The molecule has 0 aliphatic heterocycles. The Bertz CT molecular complexity index is 1120. The minimum Gasteiger partial charge on any atom is -0.455 e. The molecule has 0 aliphatic rings. The lowest BCUT2D eigenvalue weighted by molar-refractivity contribution is 0.488. The molecular weight excluding hydrogens is 380 g/mol. The van der Waals surface area contributed by atoms with Gasteiger partial charge in [-0.15, -0.1) is 0 Å². The second-order valence-electron chi connectivity index (χ2n) is 6.44. The van der Waals surface area contributed by atoms with E-state index < -0.39 is 10.0 Å². The molecule has 2 heterocycles. The Labute approximate surface area is 163 Å². The van der Waals surface area contributed by atoms with Crippen molar-refractivity contribution in [1.29, 1.82) is 5.26 Å². The van der Waals surface area contributed by atoms with Gasteiger partial charge in [-0.3, -0.25) is 0 Å². The third-order valence-corrected chi connectivity index (χ3v) is 6.09. The number of benzene rings is 1. The number of rotatable bonds is 6. The van der Waals surface area contributed by atoms with Crippen molar-refractivity contribution in [1.82, 2.24) is 9.29 Å². The van der Waals surface area contributed by atoms with Crippen LogP contribution in [0.5, 0.6) is 0 Å². The normalized spacial score (nSPS) is 11.6. The number of anilines is 1. The van der Waals surface area contributed by atoms with Crippen molar-refractivity contribution in [3.63, 3.8) is 0 Å². The lowest BCUT2D eigenvalue weighted by Crippen LogP contribution is -2.22. The van der Waals surface area contributed by atoms with Gasteiger partial charge < -0.3 is 13.7 Å². The van der Waals surface area contributed by atoms with Crippen LogP contribution in [0, 0.1) is 18.3 Å². The van der Waals surface area contributed by atoms with E-state index in [1.54, 1.807) is 18.9 Å². The minimum atomic E-state index is -3.67. The van der Waals surface area contributed by atoms with Crippen molar-refractivity contribution in [2.75, 3.05) is 26.0 Å². The monoisotopic (exact) mass is 400 g/mol. The van der Waals surface area contributed by atoms with Gasteiger partial charge in [-0.25, -0.2) is 12.7 Å². The van der Waals surface area contributed by atoms with Crippen molar-refractivity contribution in [2.45, 2.75) is 18.4 Å². The van der Waals surface area contributed by atoms with Gasteiger partial charge in [-0.2, -0.15) is 10.2 Å². The fourth-order valence-corrected chi connectivity index (χ4v) is 3.76. The number of sulfonamides is 1. The molecule has 0 unspecified atom stereocenters. The van der Waals surface area contributed by atoms with Gasteiger partial charge in [0.05, 0.1) is 0 Å². The Morgan fingerprint density at radius 1 is 1.14 bits per heavy atom. The van der Waals surface area contributed by atoms with Crippen LogP contribution in [-0.4, -0.2) is 38.9 Å². The summed E-state index contributed by atoms with van der Waals surface area (Å²) in [6, 6.07) is 13.1. The Morgan fingerprint density at radius 3 is 2.43 bits per heavy atom. The number of oxazole rings is 1. The summed E-state index contributed by atoms with van der Waals surface area (Å²) < 4.78 is 37.2. The number of nitriles is 1. The van der Waals surface area contributed by atoms with E-state index in [0.29, 0.717) is 6.54 Å². The Balaban J connectivity index is 1.96. The van der Waals surface area contributed by atoms with Crippen LogP contribution in [0.1, 0.15) is 17.0 Å². The molecule has 146 valence electrons. The maximum atomic E-state index is 12.4. The first kappa shape index (κ1) is 19.7. The maximum absolute atomic E-state index is 12.4. The summed E-state index contributed by atoms with van der Waals surface area (Å²) in [4.78, 5) is 5.96. The molecule has 8 nitrogen and oxygen atoms in total. The van der Waals surface area contributed by atoms with Gasteiger partial charge >= 0.3 is 0 Å². The molecule has 28 heavy (non-hydrogen) atoms. The molecule has 1 aromatic carbocycles. The van der Waals surface area contributed by atoms with Crippen LogP contribution in [-0.2, 0) is 16.6 Å². The molecule has 0 spiro atoms. The van der Waals surface area contributed by atoms with Gasteiger partial charge in [0.2, 0.25) is 21.6 Å². The molecule has 0 saturated carbocycles. The summed E-state index contributed by atoms with van der Waals surface area (Å²) in [5, 5.41) is 9.42. The molecule has 9 heteroatoms. The second kappa shape index (κ2) is 7.50. The van der Waals surface area contributed by atoms with E-state index in [9.17, 15) is 13.7 Å². The molecule has 2 aromatic heterocycles. The molecule has 0 saturated heterocycles. The largest absolute Gasteiger partial charge is 0.455 e. The fourth-order valence-electron chi connectivity index (χ4n) is 2.70. The van der Waals surface area contributed by atoms with E-state index in [0.717, 1.165) is 9.87 Å². The van der Waals surface area contributed by atoms with Crippen molar-refractivity contribution in [3.8, 4) is 17.7 Å². The van der Waals surface area contributed by atoms with Gasteiger partial charge in [0.25, 0.3) is 5.89 Å². The van der Waals surface area contributed by atoms with E-state index >= 15 is 0 Å². The molecular formula is C19H20N4O4S. The highest BCUT2D eigenvalue weighted by Crippen LogP contribution is 2.32. The molecule has 0 radical (unpaired) electrons. The zero-order valence-electron chi connectivity index (χ0n) is 16.0. The van der Waals surface area contributed by atoms with Gasteiger partial charge in [-0.1, -0.05) is 30.3 Å². The van der Waals surface area contributed by atoms with Crippen molar-refractivity contribution in [2.24, 2.45) is 0 Å². The first-order valence-corrected chi connectivity index (χ1v) is 9.87. The van der Waals surface area contributed by atoms with Gasteiger partial charge in [0.15, 0.2) is 5.76 Å². The van der Waals surface area contributed by atoms with Gasteiger partial charge in [-0.05, 0) is 12.5 Å². The molecule has 0 N–H and O–H groups in total. The molecule has 0 bridgehead atoms. The molecule has 0 atom stereocenters. The van der Waals surface area contributed by atoms with E-state index in [1.165, 1.54) is 20.2 Å². The first-order chi connectivity index (χ1) is 13.2. The number of furan rings is 1. The van der Waals surface area contributed by atoms with Gasteiger partial charge in [0.1, 0.15) is 16.7 Å². The molecule has 0 aliphatic carbocycles. The Kier molecular flexibility index (Phi) is 5.27. The van der Waals surface area contributed by atoms with Crippen molar-refractivity contribution < 1.29 is 17.3 Å². The average molecular weight is 400 g/mol. The predicted octanol–water partition coefficient (Wildman–Crippen LogP) is 3.00. The van der Waals surface area contributed by atoms with E-state index in [1.807, 2.05) is 36.4 Å². The number of hydrogen-bond acceptors (Lipinski definition) is 7. The Hall–Kier alpha value is -3.09. The average Bonchev–Trinajstić information content (AvgIpc) is 3.26. The van der Waals surface area contributed by atoms with Crippen LogP contribution in [0.25, 0.3) is 11.7 Å². The number of nitrogens with zero attached hydrogens (tertiary/aromatic N) is 4. The highest BCUT2D eigenvalue weighted by atomic mass is 32.2. The van der Waals surface area contributed by atoms with E-state index in [4.69, 9.17) is 8.83 Å². The van der Waals surface area contributed by atoms with Crippen molar-refractivity contribution in [3.05, 3.63) is 53.4 Å². The van der Waals surface area contributed by atoms with Crippen LogP contribution in [0.3, 0.4) is 0 Å². The predicted molar refractivity (Wildman–Crippen MR) is 103 cm³/mol. The summed E-state index contributed by atoms with van der Waals surface area (Å²) in [5.41, 5.74) is 1.14. The summed E-state index contributed by atoms with van der Waals surface area (Å²) in [5.74, 6) is 0.704. The lowest BCUT2D eigenvalue weighted by Gasteiger charge is -2.15. The number of aromatic nitrogens is 1. The van der Waals surface area contributed by atoms with Crippen LogP contribution in [0.2, 0.25) is 0 Å². The van der Waals surface area contributed by atoms with E-state index in [-0.39, 0.29) is 33.9 Å². The van der Waals surface area contributed by atoms with Crippen LogP contribution in [0.4, 0.5) is 5.88 Å². The fraction of sp³-hybridized carbons (Fsp3) is 0.263. The van der Waals surface area contributed by atoms with Crippen LogP contribution >= 0.6 is 0 Å². The zero-order chi connectivity index (χ0) is 20.5. The third kappa shape index (κ3) is 3.65. The summed E-state index contributed by atoms with van der Waals surface area (Å²) in [6.07, 6.45) is 0. The standard InChI is InChI=1S/C19H20N4O4S/c1-13-17(28(24,25)22(2)3)10-16(26-13)18-21-15(11-20)19(27-18)23(4)12-14-8-6-5-7-9-14/h5-10H,12H2,1-4H3. The molecule has 0 fully saturated rings. The summed E-state index contributed by atoms with van der Waals surface area (Å²) >= 11 is 0. The topological polar surface area (TPSA) is 104 Å². The first-order valence-electron chi connectivity index (χ1n) is 8.43. The SMILES string of the molecule is Cc1oc(-c2nc(C#N)c(N(C)Cc3ccccc3)o2)cc1S(=O)(=O)N(C)C. The molecule has 0 amide bonds. The minimum absolute atomic E-state index is 0.0309. The van der Waals surface area contributed by atoms with Gasteiger partial charge in [0, 0.05) is 33.8 Å². The van der Waals surface area contributed by atoms with Crippen molar-refractivity contribution >= 4 is 15.9 Å². The molecule has 3 aromatic rings. The van der Waals surface area contributed by atoms with Crippen LogP contribution < -0.4 is 4.90 Å².